The average molecular weight is 517 g/mol. The number of guanidine groups is 1. The zero-order valence-electron chi connectivity index (χ0n) is 23.6. The molecule has 0 bridgehead atoms. The van der Waals surface area contributed by atoms with Gasteiger partial charge in [0.15, 0.2) is 5.96 Å². The number of likely N-dealkylation sites (tertiary alicyclic amines) is 1. The van der Waals surface area contributed by atoms with Gasteiger partial charge < -0.3 is 15.5 Å². The first kappa shape index (κ1) is 28.2. The average Bonchev–Trinajstić information content (AvgIpc) is 3.51. The van der Waals surface area contributed by atoms with Crippen molar-refractivity contribution in [3.8, 4) is 0 Å². The van der Waals surface area contributed by atoms with Crippen molar-refractivity contribution in [2.24, 2.45) is 4.99 Å². The third kappa shape index (κ3) is 7.17. The number of aliphatic imine (C=N–C) groups is 1. The second kappa shape index (κ2) is 14.4. The molecule has 38 heavy (non-hydrogen) atoms. The van der Waals surface area contributed by atoms with Crippen molar-refractivity contribution in [3.63, 3.8) is 0 Å². The van der Waals surface area contributed by atoms with Gasteiger partial charge in [0.1, 0.15) is 6.17 Å². The van der Waals surface area contributed by atoms with Crippen molar-refractivity contribution in [3.05, 3.63) is 73.1 Å². The van der Waals surface area contributed by atoms with Gasteiger partial charge in [-0.05, 0) is 61.5 Å². The molecule has 206 valence electrons. The standard InChI is InChI=1S/C30H44N6.C2H4/c1-3-4-18-31-30-32-21-28(35(2)26-13-6-7-14-26)29(34-30)33-25-16-19-36(20-17-25)22-24-12-9-11-23-10-5-8-15-27(23)24;1-2/h5,8-12,15,21,25-26,29,33H,3-4,6-7,13-14,16-20,22H2,1-2H3,(H2,31,32,34);1-2H2. The summed E-state index contributed by atoms with van der Waals surface area (Å²) in [6.45, 7) is 12.4. The molecule has 1 saturated carbocycles. The Bertz CT molecular complexity index is 1060. The molecule has 0 spiro atoms. The molecular weight excluding hydrogens is 468 g/mol. The van der Waals surface area contributed by atoms with Crippen molar-refractivity contribution in [2.75, 3.05) is 26.7 Å². The Hall–Kier alpha value is -2.83. The molecule has 0 amide bonds. The largest absolute Gasteiger partial charge is 0.371 e. The molecule has 2 aromatic carbocycles. The summed E-state index contributed by atoms with van der Waals surface area (Å²) < 4.78 is 0. The van der Waals surface area contributed by atoms with Crippen molar-refractivity contribution in [2.45, 2.75) is 83.1 Å². The summed E-state index contributed by atoms with van der Waals surface area (Å²) in [6, 6.07) is 16.6. The van der Waals surface area contributed by atoms with E-state index in [9.17, 15) is 0 Å². The van der Waals surface area contributed by atoms with Crippen LogP contribution in [0, 0.1) is 0 Å². The van der Waals surface area contributed by atoms with E-state index in [1.807, 2.05) is 0 Å². The molecule has 2 aromatic rings. The summed E-state index contributed by atoms with van der Waals surface area (Å²) >= 11 is 0. The molecular formula is C32H48N6. The molecule has 0 aromatic heterocycles. The lowest BCUT2D eigenvalue weighted by Crippen LogP contribution is -2.60. The highest BCUT2D eigenvalue weighted by Crippen LogP contribution is 2.27. The van der Waals surface area contributed by atoms with Crippen LogP contribution in [0.3, 0.4) is 0 Å². The number of rotatable bonds is 9. The first-order valence-electron chi connectivity index (χ1n) is 14.7. The van der Waals surface area contributed by atoms with E-state index in [1.165, 1.54) is 67.0 Å². The first-order valence-corrected chi connectivity index (χ1v) is 14.7. The van der Waals surface area contributed by atoms with Gasteiger partial charge in [-0.15, -0.1) is 13.2 Å². The summed E-state index contributed by atoms with van der Waals surface area (Å²) in [7, 11) is 2.27. The number of likely N-dealkylation sites (N-methyl/N-ethyl adjacent to an activating group) is 1. The van der Waals surface area contributed by atoms with Crippen LogP contribution in [0.25, 0.3) is 10.8 Å². The van der Waals surface area contributed by atoms with Gasteiger partial charge in [0.25, 0.3) is 0 Å². The lowest BCUT2D eigenvalue weighted by Gasteiger charge is -2.41. The molecule has 2 fully saturated rings. The van der Waals surface area contributed by atoms with E-state index >= 15 is 0 Å². The van der Waals surface area contributed by atoms with Crippen LogP contribution >= 0.6 is 0 Å². The quantitative estimate of drug-likeness (QED) is 0.300. The smallest absolute Gasteiger partial charge is 0.196 e. The zero-order chi connectivity index (χ0) is 26.7. The third-order valence-corrected chi connectivity index (χ3v) is 8.26. The number of hydrogen-bond acceptors (Lipinski definition) is 4. The molecule has 1 aliphatic carbocycles. The highest BCUT2D eigenvalue weighted by molar-refractivity contribution is 5.85. The maximum Gasteiger partial charge on any atom is 0.196 e. The molecule has 1 saturated heterocycles. The Morgan fingerprint density at radius 1 is 1.03 bits per heavy atom. The van der Waals surface area contributed by atoms with Crippen LogP contribution in [-0.4, -0.2) is 60.7 Å². The van der Waals surface area contributed by atoms with Crippen LogP contribution in [0.4, 0.5) is 0 Å². The summed E-state index contributed by atoms with van der Waals surface area (Å²) in [5, 5.41) is 13.8. The summed E-state index contributed by atoms with van der Waals surface area (Å²) in [6.07, 6.45) is 12.2. The van der Waals surface area contributed by atoms with Crippen molar-refractivity contribution >= 4 is 16.7 Å². The number of piperidine rings is 1. The SMILES string of the molecule is C=C.CCCCN=C1NC=C(N(C)C2CCCC2)C(NC2CCN(Cc3cccc4ccccc34)CC2)N1. The Morgan fingerprint density at radius 2 is 1.76 bits per heavy atom. The molecule has 6 heteroatoms. The number of hydrogen-bond donors (Lipinski definition) is 3. The molecule has 1 unspecified atom stereocenters. The topological polar surface area (TPSA) is 54.9 Å². The summed E-state index contributed by atoms with van der Waals surface area (Å²) in [5.41, 5.74) is 2.75. The predicted octanol–water partition coefficient (Wildman–Crippen LogP) is 5.59. The maximum atomic E-state index is 4.77. The molecule has 3 aliphatic rings. The fourth-order valence-corrected chi connectivity index (χ4v) is 6.02. The highest BCUT2D eigenvalue weighted by Gasteiger charge is 2.31. The molecule has 5 rings (SSSR count). The van der Waals surface area contributed by atoms with Crippen molar-refractivity contribution in [1.29, 1.82) is 0 Å². The monoisotopic (exact) mass is 516 g/mol. The van der Waals surface area contributed by atoms with Gasteiger partial charge in [-0.1, -0.05) is 68.7 Å². The van der Waals surface area contributed by atoms with Crippen molar-refractivity contribution < 1.29 is 0 Å². The number of nitrogens with one attached hydrogen (secondary N) is 3. The Labute approximate surface area is 230 Å². The van der Waals surface area contributed by atoms with Gasteiger partial charge in [-0.3, -0.25) is 15.2 Å². The second-order valence-electron chi connectivity index (χ2n) is 10.8. The minimum Gasteiger partial charge on any atom is -0.371 e. The maximum absolute atomic E-state index is 4.77. The van der Waals surface area contributed by atoms with Crippen LogP contribution < -0.4 is 16.0 Å². The number of fused-ring (bicyclic) bond motifs is 1. The first-order chi connectivity index (χ1) is 18.7. The van der Waals surface area contributed by atoms with E-state index in [0.29, 0.717) is 12.1 Å². The summed E-state index contributed by atoms with van der Waals surface area (Å²) in [5.74, 6) is 0.901. The molecule has 2 heterocycles. The molecule has 6 nitrogen and oxygen atoms in total. The fraction of sp³-hybridized carbons (Fsp3) is 0.531. The third-order valence-electron chi connectivity index (χ3n) is 8.26. The van der Waals surface area contributed by atoms with Crippen LogP contribution in [0.15, 0.2) is 72.5 Å². The second-order valence-corrected chi connectivity index (χ2v) is 10.8. The predicted molar refractivity (Wildman–Crippen MR) is 162 cm³/mol. The van der Waals surface area contributed by atoms with Crippen LogP contribution in [-0.2, 0) is 6.54 Å². The van der Waals surface area contributed by atoms with E-state index < -0.39 is 0 Å². The van der Waals surface area contributed by atoms with Gasteiger partial charge in [0.2, 0.25) is 0 Å². The van der Waals surface area contributed by atoms with Crippen LogP contribution in [0.2, 0.25) is 0 Å². The van der Waals surface area contributed by atoms with Gasteiger partial charge >= 0.3 is 0 Å². The molecule has 3 N–H and O–H groups in total. The minimum atomic E-state index is 0.104. The summed E-state index contributed by atoms with van der Waals surface area (Å²) in [4.78, 5) is 9.90. The molecule has 0 radical (unpaired) electrons. The van der Waals surface area contributed by atoms with Crippen LogP contribution in [0.1, 0.15) is 63.9 Å². The Kier molecular flexibility index (Phi) is 10.6. The number of unbranched alkanes of at least 4 members (excludes halogenated alkanes) is 1. The highest BCUT2D eigenvalue weighted by atomic mass is 15.3. The Morgan fingerprint density at radius 3 is 2.53 bits per heavy atom. The lowest BCUT2D eigenvalue weighted by atomic mass is 10.0. The minimum absolute atomic E-state index is 0.104. The van der Waals surface area contributed by atoms with Gasteiger partial charge in [0, 0.05) is 38.4 Å². The van der Waals surface area contributed by atoms with Gasteiger partial charge in [-0.2, -0.15) is 0 Å². The van der Waals surface area contributed by atoms with E-state index in [1.54, 1.807) is 0 Å². The lowest BCUT2D eigenvalue weighted by molar-refractivity contribution is 0.178. The van der Waals surface area contributed by atoms with E-state index in [2.05, 4.69) is 102 Å². The fourth-order valence-electron chi connectivity index (χ4n) is 6.02. The van der Waals surface area contributed by atoms with Gasteiger partial charge in [0.05, 0.1) is 5.70 Å². The normalized spacial score (nSPS) is 21.9. The Balaban J connectivity index is 0.00000164. The van der Waals surface area contributed by atoms with Crippen LogP contribution in [0.5, 0.6) is 0 Å². The number of benzene rings is 2. The molecule has 1 atom stereocenters. The van der Waals surface area contributed by atoms with E-state index in [0.717, 1.165) is 38.6 Å². The number of nitrogens with zero attached hydrogens (tertiary/aromatic N) is 3. The van der Waals surface area contributed by atoms with Gasteiger partial charge in [-0.25, -0.2) is 0 Å². The zero-order valence-corrected chi connectivity index (χ0v) is 23.6. The van der Waals surface area contributed by atoms with Crippen molar-refractivity contribution in [1.82, 2.24) is 25.8 Å². The van der Waals surface area contributed by atoms with E-state index in [4.69, 9.17) is 4.99 Å². The van der Waals surface area contributed by atoms with E-state index in [-0.39, 0.29) is 6.17 Å². The molecule has 2 aliphatic heterocycles.